The number of hydrogen-bond donors (Lipinski definition) is 3. The number of aliphatic hydroxyl groups is 2. The van der Waals surface area contributed by atoms with E-state index < -0.39 is 12.2 Å². The molecule has 2 aliphatic rings. The molecule has 4 atom stereocenters. The van der Waals surface area contributed by atoms with Crippen LogP contribution in [-0.2, 0) is 4.74 Å². The molecule has 134 valence electrons. The van der Waals surface area contributed by atoms with E-state index >= 15 is 0 Å². The number of carbonyl (C=O) groups is 1. The SMILES string of the molecule is CC1CCN(C2C(CNC(=O)c3cccs3)OC(CO)C2O)CC1. The van der Waals surface area contributed by atoms with Crippen LogP contribution in [0.5, 0.6) is 0 Å². The lowest BCUT2D eigenvalue weighted by atomic mass is 9.94. The fourth-order valence-corrected chi connectivity index (χ4v) is 4.25. The molecule has 0 spiro atoms. The van der Waals surface area contributed by atoms with Gasteiger partial charge in [-0.05, 0) is 43.3 Å². The van der Waals surface area contributed by atoms with Crippen molar-refractivity contribution in [2.24, 2.45) is 5.92 Å². The Morgan fingerprint density at radius 1 is 1.42 bits per heavy atom. The second-order valence-corrected chi connectivity index (χ2v) is 7.73. The minimum Gasteiger partial charge on any atom is -0.394 e. The van der Waals surface area contributed by atoms with E-state index in [2.05, 4.69) is 17.1 Å². The second kappa shape index (κ2) is 7.93. The van der Waals surface area contributed by atoms with Crippen LogP contribution in [0.2, 0.25) is 0 Å². The minimum absolute atomic E-state index is 0.124. The third-order valence-electron chi connectivity index (χ3n) is 5.09. The lowest BCUT2D eigenvalue weighted by Gasteiger charge is -2.38. The quantitative estimate of drug-likeness (QED) is 0.725. The van der Waals surface area contributed by atoms with E-state index in [-0.39, 0.29) is 24.7 Å². The van der Waals surface area contributed by atoms with Crippen molar-refractivity contribution < 1.29 is 19.7 Å². The minimum atomic E-state index is -0.730. The number of aliphatic hydroxyl groups excluding tert-OH is 2. The van der Waals surface area contributed by atoms with Crippen molar-refractivity contribution in [1.82, 2.24) is 10.2 Å². The number of rotatable bonds is 5. The van der Waals surface area contributed by atoms with Gasteiger partial charge in [0.05, 0.1) is 23.6 Å². The van der Waals surface area contributed by atoms with Crippen LogP contribution in [0.3, 0.4) is 0 Å². The van der Waals surface area contributed by atoms with E-state index in [1.807, 2.05) is 11.4 Å². The normalized spacial score (nSPS) is 32.1. The number of carbonyl (C=O) groups excluding carboxylic acids is 1. The standard InChI is InChI=1S/C17H26N2O4S/c1-11-4-6-19(7-5-11)15-12(23-13(10-20)16(15)21)9-18-17(22)14-3-2-8-24-14/h2-3,8,11-13,15-16,20-21H,4-7,9-10H2,1H3,(H,18,22). The molecule has 2 aliphatic heterocycles. The number of thiophene rings is 1. The van der Waals surface area contributed by atoms with Crippen LogP contribution in [0.25, 0.3) is 0 Å². The summed E-state index contributed by atoms with van der Waals surface area (Å²) in [5, 5.41) is 24.8. The summed E-state index contributed by atoms with van der Waals surface area (Å²) in [5.74, 6) is 0.577. The summed E-state index contributed by atoms with van der Waals surface area (Å²) in [7, 11) is 0. The van der Waals surface area contributed by atoms with Crippen LogP contribution < -0.4 is 5.32 Å². The van der Waals surface area contributed by atoms with Crippen molar-refractivity contribution in [3.63, 3.8) is 0 Å². The fourth-order valence-electron chi connectivity index (χ4n) is 3.61. The highest BCUT2D eigenvalue weighted by atomic mass is 32.1. The van der Waals surface area contributed by atoms with Crippen molar-refractivity contribution in [1.29, 1.82) is 0 Å². The average Bonchev–Trinajstić information content (AvgIpc) is 3.22. The number of piperidine rings is 1. The lowest BCUT2D eigenvalue weighted by Crippen LogP contribution is -2.53. The van der Waals surface area contributed by atoms with Gasteiger partial charge in [-0.1, -0.05) is 13.0 Å². The van der Waals surface area contributed by atoms with E-state index in [1.165, 1.54) is 11.3 Å². The highest BCUT2D eigenvalue weighted by Gasteiger charge is 2.46. The molecular weight excluding hydrogens is 328 g/mol. The smallest absolute Gasteiger partial charge is 0.261 e. The van der Waals surface area contributed by atoms with Crippen LogP contribution in [-0.4, -0.2) is 71.6 Å². The number of nitrogens with zero attached hydrogens (tertiary/aromatic N) is 1. The third-order valence-corrected chi connectivity index (χ3v) is 5.96. The number of nitrogens with one attached hydrogen (secondary N) is 1. The first-order chi connectivity index (χ1) is 11.6. The maximum Gasteiger partial charge on any atom is 0.261 e. The number of ether oxygens (including phenoxy) is 1. The van der Waals surface area contributed by atoms with Crippen LogP contribution in [0.15, 0.2) is 17.5 Å². The maximum absolute atomic E-state index is 12.1. The van der Waals surface area contributed by atoms with E-state index in [4.69, 9.17) is 4.74 Å². The summed E-state index contributed by atoms with van der Waals surface area (Å²) in [6.45, 7) is 4.20. The van der Waals surface area contributed by atoms with Gasteiger partial charge in [0, 0.05) is 6.54 Å². The fraction of sp³-hybridized carbons (Fsp3) is 0.706. The van der Waals surface area contributed by atoms with Gasteiger partial charge in [0.2, 0.25) is 0 Å². The topological polar surface area (TPSA) is 82.0 Å². The summed E-state index contributed by atoms with van der Waals surface area (Å²) in [5.41, 5.74) is 0. The monoisotopic (exact) mass is 354 g/mol. The molecule has 2 saturated heterocycles. The van der Waals surface area contributed by atoms with Crippen molar-refractivity contribution in [2.75, 3.05) is 26.2 Å². The number of amides is 1. The number of likely N-dealkylation sites (tertiary alicyclic amines) is 1. The molecule has 2 fully saturated rings. The second-order valence-electron chi connectivity index (χ2n) is 6.78. The summed E-state index contributed by atoms with van der Waals surface area (Å²) >= 11 is 1.40. The lowest BCUT2D eigenvalue weighted by molar-refractivity contribution is -0.0209. The van der Waals surface area contributed by atoms with Gasteiger partial charge in [-0.3, -0.25) is 9.69 Å². The largest absolute Gasteiger partial charge is 0.394 e. The highest BCUT2D eigenvalue weighted by Crippen LogP contribution is 2.29. The summed E-state index contributed by atoms with van der Waals surface area (Å²) < 4.78 is 5.83. The van der Waals surface area contributed by atoms with Crippen molar-refractivity contribution in [2.45, 2.75) is 44.1 Å². The highest BCUT2D eigenvalue weighted by molar-refractivity contribution is 7.12. The zero-order valence-corrected chi connectivity index (χ0v) is 14.7. The Kier molecular flexibility index (Phi) is 5.89. The molecule has 0 radical (unpaired) electrons. The molecule has 3 heterocycles. The first kappa shape index (κ1) is 17.8. The third kappa shape index (κ3) is 3.81. The molecule has 3 rings (SSSR count). The predicted octanol–water partition coefficient (Wildman–Crippen LogP) is 0.699. The van der Waals surface area contributed by atoms with Gasteiger partial charge < -0.3 is 20.3 Å². The van der Waals surface area contributed by atoms with Crippen LogP contribution >= 0.6 is 11.3 Å². The molecule has 4 unspecified atom stereocenters. The van der Waals surface area contributed by atoms with Crippen molar-refractivity contribution >= 4 is 17.2 Å². The van der Waals surface area contributed by atoms with Gasteiger partial charge in [-0.15, -0.1) is 11.3 Å². The van der Waals surface area contributed by atoms with Gasteiger partial charge in [0.15, 0.2) is 0 Å². The molecule has 1 aromatic rings. The first-order valence-electron chi connectivity index (χ1n) is 8.60. The van der Waals surface area contributed by atoms with Gasteiger partial charge in [-0.25, -0.2) is 0 Å². The molecule has 0 bridgehead atoms. The summed E-state index contributed by atoms with van der Waals surface area (Å²) in [6, 6.07) is 3.44. The van der Waals surface area contributed by atoms with Gasteiger partial charge >= 0.3 is 0 Å². The van der Waals surface area contributed by atoms with Crippen LogP contribution in [0.1, 0.15) is 29.4 Å². The zero-order valence-electron chi connectivity index (χ0n) is 13.9. The van der Waals surface area contributed by atoms with Crippen molar-refractivity contribution in [3.8, 4) is 0 Å². The number of hydrogen-bond acceptors (Lipinski definition) is 6. The van der Waals surface area contributed by atoms with E-state index in [9.17, 15) is 15.0 Å². The maximum atomic E-state index is 12.1. The molecule has 0 saturated carbocycles. The average molecular weight is 354 g/mol. The molecule has 1 aromatic heterocycles. The molecule has 7 heteroatoms. The Morgan fingerprint density at radius 3 is 2.79 bits per heavy atom. The molecule has 1 amide bonds. The van der Waals surface area contributed by atoms with Crippen LogP contribution in [0.4, 0.5) is 0 Å². The van der Waals surface area contributed by atoms with Crippen LogP contribution in [0, 0.1) is 5.92 Å². The summed E-state index contributed by atoms with van der Waals surface area (Å²) in [6.07, 6.45) is 0.572. The Bertz CT molecular complexity index is 531. The first-order valence-corrected chi connectivity index (χ1v) is 9.48. The molecular formula is C17H26N2O4S. The van der Waals surface area contributed by atoms with Gasteiger partial charge in [0.1, 0.15) is 12.2 Å². The molecule has 6 nitrogen and oxygen atoms in total. The Labute approximate surface area is 146 Å². The molecule has 24 heavy (non-hydrogen) atoms. The molecule has 3 N–H and O–H groups in total. The summed E-state index contributed by atoms with van der Waals surface area (Å²) in [4.78, 5) is 15.1. The molecule has 0 aliphatic carbocycles. The van der Waals surface area contributed by atoms with E-state index in [1.54, 1.807) is 6.07 Å². The molecule has 0 aromatic carbocycles. The van der Waals surface area contributed by atoms with Gasteiger partial charge in [0.25, 0.3) is 5.91 Å². The van der Waals surface area contributed by atoms with E-state index in [0.717, 1.165) is 25.9 Å². The van der Waals surface area contributed by atoms with E-state index in [0.29, 0.717) is 17.3 Å². The zero-order chi connectivity index (χ0) is 17.1. The van der Waals surface area contributed by atoms with Gasteiger partial charge in [-0.2, -0.15) is 0 Å². The van der Waals surface area contributed by atoms with Crippen molar-refractivity contribution in [3.05, 3.63) is 22.4 Å². The Hall–Kier alpha value is -0.990. The predicted molar refractivity (Wildman–Crippen MR) is 92.2 cm³/mol. The Morgan fingerprint density at radius 2 is 2.17 bits per heavy atom. The Balaban J connectivity index is 1.63.